The van der Waals surface area contributed by atoms with Crippen LogP contribution in [0, 0.1) is 11.7 Å². The lowest BCUT2D eigenvalue weighted by molar-refractivity contribution is -0.129. The fourth-order valence-corrected chi connectivity index (χ4v) is 3.32. The Morgan fingerprint density at radius 2 is 1.86 bits per heavy atom. The Bertz CT molecular complexity index is 608. The minimum absolute atomic E-state index is 0.241. The van der Waals surface area contributed by atoms with Crippen LogP contribution in [0.2, 0.25) is 0 Å². The van der Waals surface area contributed by atoms with Crippen molar-refractivity contribution in [1.82, 2.24) is 9.62 Å². The predicted octanol–water partition coefficient (Wildman–Crippen LogP) is 1.16. The molecule has 1 amide bonds. The molecular formula is C15H21FN2O3S. The van der Waals surface area contributed by atoms with Crippen LogP contribution < -0.4 is 4.72 Å². The molecule has 0 atom stereocenters. The van der Waals surface area contributed by atoms with E-state index in [9.17, 15) is 17.6 Å². The lowest BCUT2D eigenvalue weighted by Gasteiger charge is -2.32. The first kappa shape index (κ1) is 16.9. The summed E-state index contributed by atoms with van der Waals surface area (Å²) in [5.74, 6) is -0.647. The predicted molar refractivity (Wildman–Crippen MR) is 82.3 cm³/mol. The molecule has 0 aromatic heterocycles. The van der Waals surface area contributed by atoms with E-state index in [1.165, 1.54) is 19.2 Å². The van der Waals surface area contributed by atoms with Crippen LogP contribution in [0.5, 0.6) is 0 Å². The minimum Gasteiger partial charge on any atom is -0.342 e. The second-order valence-corrected chi connectivity index (χ2v) is 7.54. The first-order chi connectivity index (χ1) is 10.4. The van der Waals surface area contributed by atoms with Gasteiger partial charge in [-0.1, -0.05) is 12.1 Å². The second-order valence-electron chi connectivity index (χ2n) is 5.62. The summed E-state index contributed by atoms with van der Waals surface area (Å²) in [7, 11) is -2.21. The molecule has 0 bridgehead atoms. The second kappa shape index (κ2) is 7.19. The van der Waals surface area contributed by atoms with Gasteiger partial charge in [0.05, 0.1) is 0 Å². The maximum Gasteiger partial charge on any atom is 0.239 e. The number of amides is 1. The highest BCUT2D eigenvalue weighted by atomic mass is 32.2. The minimum atomic E-state index is -3.51. The van der Waals surface area contributed by atoms with Gasteiger partial charge in [0.25, 0.3) is 0 Å². The van der Waals surface area contributed by atoms with E-state index in [0.29, 0.717) is 19.0 Å². The molecule has 1 heterocycles. The first-order valence-electron chi connectivity index (χ1n) is 7.33. The van der Waals surface area contributed by atoms with Gasteiger partial charge in [-0.15, -0.1) is 0 Å². The molecule has 0 spiro atoms. The summed E-state index contributed by atoms with van der Waals surface area (Å²) in [5, 5.41) is 0. The van der Waals surface area contributed by atoms with E-state index >= 15 is 0 Å². The van der Waals surface area contributed by atoms with Crippen LogP contribution in [0.15, 0.2) is 24.3 Å². The number of nitrogens with one attached hydrogen (secondary N) is 1. The topological polar surface area (TPSA) is 66.5 Å². The molecule has 1 saturated heterocycles. The van der Waals surface area contributed by atoms with Crippen molar-refractivity contribution >= 4 is 15.9 Å². The monoisotopic (exact) mass is 328 g/mol. The number of carbonyl (C=O) groups excluding carboxylic acids is 1. The molecule has 5 nitrogen and oxygen atoms in total. The van der Waals surface area contributed by atoms with Gasteiger partial charge in [-0.05, 0) is 49.9 Å². The number of hydrogen-bond acceptors (Lipinski definition) is 3. The van der Waals surface area contributed by atoms with Gasteiger partial charge < -0.3 is 4.90 Å². The third kappa shape index (κ3) is 4.78. The average Bonchev–Trinajstić information content (AvgIpc) is 2.50. The van der Waals surface area contributed by atoms with Gasteiger partial charge in [0.2, 0.25) is 15.9 Å². The standard InChI is InChI=1S/C15H21FN2O3S/c1-17-22(20,21)11-15(19)18-8-6-13(7-9-18)10-12-2-4-14(16)5-3-12/h2-5,13,17H,6-11H2,1H3. The zero-order valence-electron chi connectivity index (χ0n) is 12.6. The molecular weight excluding hydrogens is 307 g/mol. The Labute approximate surface area is 130 Å². The number of hydrogen-bond donors (Lipinski definition) is 1. The fraction of sp³-hybridized carbons (Fsp3) is 0.533. The lowest BCUT2D eigenvalue weighted by atomic mass is 9.90. The molecule has 1 fully saturated rings. The molecule has 122 valence electrons. The van der Waals surface area contributed by atoms with Crippen LogP contribution in [-0.2, 0) is 21.2 Å². The van der Waals surface area contributed by atoms with E-state index in [0.717, 1.165) is 24.8 Å². The van der Waals surface area contributed by atoms with E-state index in [4.69, 9.17) is 0 Å². The summed E-state index contributed by atoms with van der Waals surface area (Å²) in [6.07, 6.45) is 2.53. The van der Waals surface area contributed by atoms with Gasteiger partial charge in [-0.3, -0.25) is 4.79 Å². The zero-order chi connectivity index (χ0) is 16.2. The molecule has 1 aliphatic heterocycles. The number of likely N-dealkylation sites (tertiary alicyclic amines) is 1. The normalized spacial score (nSPS) is 16.7. The Kier molecular flexibility index (Phi) is 5.52. The molecule has 1 aromatic rings. The third-order valence-corrected chi connectivity index (χ3v) is 5.28. The molecule has 0 saturated carbocycles. The highest BCUT2D eigenvalue weighted by Gasteiger charge is 2.25. The van der Waals surface area contributed by atoms with E-state index in [2.05, 4.69) is 4.72 Å². The van der Waals surface area contributed by atoms with Crippen molar-refractivity contribution in [2.75, 3.05) is 25.9 Å². The molecule has 0 radical (unpaired) electrons. The van der Waals surface area contributed by atoms with Crippen LogP contribution in [0.3, 0.4) is 0 Å². The molecule has 7 heteroatoms. The van der Waals surface area contributed by atoms with Crippen molar-refractivity contribution in [3.8, 4) is 0 Å². The van der Waals surface area contributed by atoms with Crippen LogP contribution in [-0.4, -0.2) is 45.1 Å². The first-order valence-corrected chi connectivity index (χ1v) is 8.98. The molecule has 0 unspecified atom stereocenters. The fourth-order valence-electron chi connectivity index (χ4n) is 2.67. The summed E-state index contributed by atoms with van der Waals surface area (Å²) in [6, 6.07) is 6.48. The maximum absolute atomic E-state index is 12.9. The van der Waals surface area contributed by atoms with Gasteiger partial charge in [0.15, 0.2) is 0 Å². The maximum atomic E-state index is 12.9. The van der Waals surface area contributed by atoms with E-state index in [-0.39, 0.29) is 11.7 Å². The van der Waals surface area contributed by atoms with Crippen molar-refractivity contribution in [2.45, 2.75) is 19.3 Å². The van der Waals surface area contributed by atoms with Crippen LogP contribution in [0.4, 0.5) is 4.39 Å². The zero-order valence-corrected chi connectivity index (χ0v) is 13.4. The molecule has 0 aliphatic carbocycles. The highest BCUT2D eigenvalue weighted by molar-refractivity contribution is 7.90. The molecule has 1 N–H and O–H groups in total. The Hall–Kier alpha value is -1.47. The van der Waals surface area contributed by atoms with E-state index in [1.54, 1.807) is 17.0 Å². The van der Waals surface area contributed by atoms with E-state index in [1.807, 2.05) is 0 Å². The Morgan fingerprint density at radius 1 is 1.27 bits per heavy atom. The summed E-state index contributed by atoms with van der Waals surface area (Å²) in [6.45, 7) is 1.15. The molecule has 2 rings (SSSR count). The average molecular weight is 328 g/mol. The smallest absolute Gasteiger partial charge is 0.239 e. The number of nitrogens with zero attached hydrogens (tertiary/aromatic N) is 1. The van der Waals surface area contributed by atoms with Crippen LogP contribution in [0.1, 0.15) is 18.4 Å². The quantitative estimate of drug-likeness (QED) is 0.882. The lowest BCUT2D eigenvalue weighted by Crippen LogP contribution is -2.43. The summed E-state index contributed by atoms with van der Waals surface area (Å²) >= 11 is 0. The number of benzene rings is 1. The Balaban J connectivity index is 1.82. The molecule has 1 aliphatic rings. The van der Waals surface area contributed by atoms with Crippen molar-refractivity contribution in [2.24, 2.45) is 5.92 Å². The number of rotatable bonds is 5. The summed E-state index contributed by atoms with van der Waals surface area (Å²) in [4.78, 5) is 13.5. The summed E-state index contributed by atoms with van der Waals surface area (Å²) < 4.78 is 37.8. The van der Waals surface area contributed by atoms with Crippen LogP contribution in [0.25, 0.3) is 0 Å². The van der Waals surface area contributed by atoms with Crippen molar-refractivity contribution < 1.29 is 17.6 Å². The van der Waals surface area contributed by atoms with Crippen molar-refractivity contribution in [3.63, 3.8) is 0 Å². The van der Waals surface area contributed by atoms with Gasteiger partial charge in [-0.2, -0.15) is 0 Å². The van der Waals surface area contributed by atoms with Crippen molar-refractivity contribution in [3.05, 3.63) is 35.6 Å². The SMILES string of the molecule is CNS(=O)(=O)CC(=O)N1CCC(Cc2ccc(F)cc2)CC1. The van der Waals surface area contributed by atoms with Gasteiger partial charge in [0.1, 0.15) is 11.6 Å². The van der Waals surface area contributed by atoms with Gasteiger partial charge in [0, 0.05) is 13.1 Å². The summed E-state index contributed by atoms with van der Waals surface area (Å²) in [5.41, 5.74) is 1.09. The largest absolute Gasteiger partial charge is 0.342 e. The van der Waals surface area contributed by atoms with Crippen LogP contribution >= 0.6 is 0 Å². The Morgan fingerprint density at radius 3 is 2.41 bits per heavy atom. The third-order valence-electron chi connectivity index (χ3n) is 4.03. The van der Waals surface area contributed by atoms with Gasteiger partial charge >= 0.3 is 0 Å². The molecule has 1 aromatic carbocycles. The highest BCUT2D eigenvalue weighted by Crippen LogP contribution is 2.22. The van der Waals surface area contributed by atoms with E-state index < -0.39 is 15.8 Å². The number of piperidine rings is 1. The van der Waals surface area contributed by atoms with Gasteiger partial charge in [-0.25, -0.2) is 17.5 Å². The molecule has 22 heavy (non-hydrogen) atoms. The number of carbonyl (C=O) groups is 1. The number of sulfonamides is 1. The van der Waals surface area contributed by atoms with Crippen molar-refractivity contribution in [1.29, 1.82) is 0 Å². The number of halogens is 1.